The van der Waals surface area contributed by atoms with E-state index in [0.29, 0.717) is 12.8 Å². The van der Waals surface area contributed by atoms with Gasteiger partial charge in [-0.15, -0.1) is 0 Å². The van der Waals surface area contributed by atoms with Crippen molar-refractivity contribution in [3.8, 4) is 0 Å². The molecule has 0 aromatic rings. The Kier molecular flexibility index (Phi) is 9.19. The van der Waals surface area contributed by atoms with Gasteiger partial charge in [0, 0.05) is 14.0 Å². The third kappa shape index (κ3) is 5.43. The molecule has 0 aliphatic carbocycles. The number of aliphatic hydroxyl groups is 5. The van der Waals surface area contributed by atoms with Crippen molar-refractivity contribution in [2.24, 2.45) is 0 Å². The molecule has 11 nitrogen and oxygen atoms in total. The molecular weight excluding hydrogens is 390 g/mol. The molecule has 2 aliphatic rings. The summed E-state index contributed by atoms with van der Waals surface area (Å²) in [5.41, 5.74) is 0. The zero-order chi connectivity index (χ0) is 21.7. The number of hydrogen-bond donors (Lipinski definition) is 6. The lowest BCUT2D eigenvalue weighted by Crippen LogP contribution is -2.67. The van der Waals surface area contributed by atoms with Gasteiger partial charge >= 0.3 is 0 Å². The van der Waals surface area contributed by atoms with Crippen LogP contribution < -0.4 is 5.32 Å². The highest BCUT2D eigenvalue weighted by atomic mass is 16.7. The van der Waals surface area contributed by atoms with Crippen molar-refractivity contribution in [2.45, 2.75) is 87.9 Å². The maximum absolute atomic E-state index is 11.6. The summed E-state index contributed by atoms with van der Waals surface area (Å²) in [5.74, 6) is -0.430. The second kappa shape index (κ2) is 10.9. The van der Waals surface area contributed by atoms with E-state index in [1.54, 1.807) is 0 Å². The number of rotatable bonds is 8. The lowest BCUT2D eigenvalue weighted by atomic mass is 9.92. The van der Waals surface area contributed by atoms with E-state index in [4.69, 9.17) is 18.9 Å². The standard InChI is InChI=1S/C18H33NO10/c1-4-5-9-13(23)15(25)17(11(7-21)27-9)29-18-14(24)12(19-8(2)22)16(26-3)10(6-20)28-18/h9-18,20-21,23-25H,4-7H2,1-3H3,(H,19,22)/t9-,10-,11-,12+,13+,14+,15-,16-,17-,18?/m1/s1. The van der Waals surface area contributed by atoms with Gasteiger partial charge < -0.3 is 49.8 Å². The fourth-order valence-electron chi connectivity index (χ4n) is 3.90. The molecule has 1 amide bonds. The number of methoxy groups -OCH3 is 1. The molecule has 0 aromatic heterocycles. The third-order valence-electron chi connectivity index (χ3n) is 5.33. The van der Waals surface area contributed by atoms with Crippen molar-refractivity contribution in [3.05, 3.63) is 0 Å². The number of hydrogen-bond acceptors (Lipinski definition) is 10. The van der Waals surface area contributed by atoms with Crippen molar-refractivity contribution in [2.75, 3.05) is 20.3 Å². The van der Waals surface area contributed by atoms with Crippen LogP contribution in [0.3, 0.4) is 0 Å². The van der Waals surface area contributed by atoms with E-state index in [0.717, 1.165) is 0 Å². The molecule has 29 heavy (non-hydrogen) atoms. The largest absolute Gasteiger partial charge is 0.394 e. The van der Waals surface area contributed by atoms with E-state index in [-0.39, 0.29) is 0 Å². The average molecular weight is 423 g/mol. The van der Waals surface area contributed by atoms with Gasteiger partial charge in [0.2, 0.25) is 5.91 Å². The van der Waals surface area contributed by atoms with Crippen molar-refractivity contribution < 1.29 is 49.3 Å². The zero-order valence-corrected chi connectivity index (χ0v) is 16.9. The second-order valence-electron chi connectivity index (χ2n) is 7.41. The molecule has 2 heterocycles. The molecule has 170 valence electrons. The fraction of sp³-hybridized carbons (Fsp3) is 0.944. The lowest BCUT2D eigenvalue weighted by molar-refractivity contribution is -0.331. The van der Waals surface area contributed by atoms with Crippen LogP contribution in [-0.4, -0.2) is 113 Å². The van der Waals surface area contributed by atoms with Crippen molar-refractivity contribution in [3.63, 3.8) is 0 Å². The highest BCUT2D eigenvalue weighted by Crippen LogP contribution is 2.30. The number of ether oxygens (including phenoxy) is 4. The Balaban J connectivity index is 2.20. The molecule has 2 fully saturated rings. The Morgan fingerprint density at radius 3 is 2.10 bits per heavy atom. The monoisotopic (exact) mass is 423 g/mol. The molecule has 2 aliphatic heterocycles. The first-order valence-corrected chi connectivity index (χ1v) is 9.81. The van der Waals surface area contributed by atoms with Gasteiger partial charge in [0.25, 0.3) is 0 Å². The van der Waals surface area contributed by atoms with Crippen LogP contribution >= 0.6 is 0 Å². The minimum absolute atomic E-state index is 0.430. The van der Waals surface area contributed by atoms with Crippen LogP contribution in [-0.2, 0) is 23.7 Å². The first-order chi connectivity index (χ1) is 13.8. The van der Waals surface area contributed by atoms with Crippen LogP contribution in [0, 0.1) is 0 Å². The highest BCUT2D eigenvalue weighted by molar-refractivity contribution is 5.73. The number of amides is 1. The second-order valence-corrected chi connectivity index (χ2v) is 7.41. The van der Waals surface area contributed by atoms with Crippen LogP contribution in [0.1, 0.15) is 26.7 Å². The summed E-state index contributed by atoms with van der Waals surface area (Å²) in [4.78, 5) is 11.6. The SMILES string of the molecule is CCC[C@H]1O[C@H](CO)[C@@H](OC2O[C@H](CO)[C@@H](OC)[C@@H](NC(C)=O)[C@@H]2O)[C@H](O)[C@H]1O. The van der Waals surface area contributed by atoms with Gasteiger partial charge in [-0.1, -0.05) is 13.3 Å². The van der Waals surface area contributed by atoms with E-state index in [9.17, 15) is 30.3 Å². The van der Waals surface area contributed by atoms with Gasteiger partial charge in [-0.3, -0.25) is 4.79 Å². The zero-order valence-electron chi connectivity index (χ0n) is 16.9. The average Bonchev–Trinajstić information content (AvgIpc) is 2.69. The molecule has 0 saturated carbocycles. The number of aliphatic hydroxyl groups excluding tert-OH is 5. The van der Waals surface area contributed by atoms with Gasteiger partial charge in [0.1, 0.15) is 42.7 Å². The summed E-state index contributed by atoms with van der Waals surface area (Å²) in [6, 6.07) is -0.958. The molecule has 2 rings (SSSR count). The Hall–Kier alpha value is -0.890. The molecule has 0 radical (unpaired) electrons. The summed E-state index contributed by atoms with van der Waals surface area (Å²) in [7, 11) is 1.35. The molecule has 0 spiro atoms. The Bertz CT molecular complexity index is 521. The molecule has 10 atom stereocenters. The maximum Gasteiger partial charge on any atom is 0.217 e. The van der Waals surface area contributed by atoms with Crippen molar-refractivity contribution >= 4 is 5.91 Å². The Morgan fingerprint density at radius 2 is 1.59 bits per heavy atom. The van der Waals surface area contributed by atoms with Crippen LogP contribution in [0.2, 0.25) is 0 Å². The number of carbonyl (C=O) groups is 1. The molecule has 2 saturated heterocycles. The van der Waals surface area contributed by atoms with E-state index >= 15 is 0 Å². The summed E-state index contributed by atoms with van der Waals surface area (Å²) < 4.78 is 22.2. The van der Waals surface area contributed by atoms with Crippen molar-refractivity contribution in [1.29, 1.82) is 0 Å². The summed E-state index contributed by atoms with van der Waals surface area (Å²) in [6.45, 7) is 2.20. The van der Waals surface area contributed by atoms with E-state index in [2.05, 4.69) is 5.32 Å². The molecule has 1 unspecified atom stereocenters. The lowest BCUT2D eigenvalue weighted by Gasteiger charge is -2.47. The number of nitrogens with one attached hydrogen (secondary N) is 1. The quantitative estimate of drug-likeness (QED) is 0.241. The smallest absolute Gasteiger partial charge is 0.217 e. The molecular formula is C18H33NO10. The van der Waals surface area contributed by atoms with Gasteiger partial charge in [-0.25, -0.2) is 0 Å². The maximum atomic E-state index is 11.6. The van der Waals surface area contributed by atoms with Crippen molar-refractivity contribution in [1.82, 2.24) is 5.32 Å². The van der Waals surface area contributed by atoms with Gasteiger partial charge in [0.05, 0.1) is 25.4 Å². The van der Waals surface area contributed by atoms with E-state index < -0.39 is 80.3 Å². The molecule has 6 N–H and O–H groups in total. The first kappa shape index (κ1) is 24.4. The highest BCUT2D eigenvalue weighted by Gasteiger charge is 2.51. The molecule has 11 heteroatoms. The third-order valence-corrected chi connectivity index (χ3v) is 5.33. The first-order valence-electron chi connectivity index (χ1n) is 9.81. The predicted molar refractivity (Wildman–Crippen MR) is 97.7 cm³/mol. The predicted octanol–water partition coefficient (Wildman–Crippen LogP) is -2.75. The van der Waals surface area contributed by atoms with E-state index in [1.165, 1.54) is 14.0 Å². The minimum atomic E-state index is -1.41. The van der Waals surface area contributed by atoms with E-state index in [1.807, 2.05) is 6.92 Å². The van der Waals surface area contributed by atoms with Crippen LogP contribution in [0.5, 0.6) is 0 Å². The summed E-state index contributed by atoms with van der Waals surface area (Å²) >= 11 is 0. The van der Waals surface area contributed by atoms with Crippen LogP contribution in [0.15, 0.2) is 0 Å². The van der Waals surface area contributed by atoms with Gasteiger partial charge in [-0.2, -0.15) is 0 Å². The summed E-state index contributed by atoms with van der Waals surface area (Å²) in [5, 5.41) is 53.4. The van der Waals surface area contributed by atoms with Crippen LogP contribution in [0.4, 0.5) is 0 Å². The van der Waals surface area contributed by atoms with Gasteiger partial charge in [-0.05, 0) is 6.42 Å². The normalized spacial score (nSPS) is 43.2. The van der Waals surface area contributed by atoms with Gasteiger partial charge in [0.15, 0.2) is 6.29 Å². The number of carbonyl (C=O) groups excluding carboxylic acids is 1. The molecule has 0 bridgehead atoms. The Morgan fingerprint density at radius 1 is 0.966 bits per heavy atom. The topological polar surface area (TPSA) is 167 Å². The summed E-state index contributed by atoms with van der Waals surface area (Å²) in [6.07, 6.45) is -8.89. The molecule has 0 aromatic carbocycles. The Labute approximate surface area is 169 Å². The van der Waals surface area contributed by atoms with Crippen LogP contribution in [0.25, 0.3) is 0 Å². The fourth-order valence-corrected chi connectivity index (χ4v) is 3.90. The minimum Gasteiger partial charge on any atom is -0.394 e.